The number of rotatable bonds is 5. The number of anilines is 1. The summed E-state index contributed by atoms with van der Waals surface area (Å²) in [6.45, 7) is 1.36. The summed E-state index contributed by atoms with van der Waals surface area (Å²) in [6.07, 6.45) is 0.819. The van der Waals surface area contributed by atoms with E-state index >= 15 is 0 Å². The number of H-pyrrole nitrogens is 1. The van der Waals surface area contributed by atoms with Crippen LogP contribution in [0.15, 0.2) is 0 Å². The highest BCUT2D eigenvalue weighted by Gasteiger charge is 2.11. The second-order valence-corrected chi connectivity index (χ2v) is 2.59. The van der Waals surface area contributed by atoms with E-state index in [0.29, 0.717) is 6.54 Å². The summed E-state index contributed by atoms with van der Waals surface area (Å²) in [7, 11) is 1.84. The Kier molecular flexibility index (Phi) is 3.59. The maximum Gasteiger partial charge on any atom is 0.277 e. The molecule has 0 radical (unpaired) electrons. The van der Waals surface area contributed by atoms with Crippen molar-refractivity contribution in [1.29, 1.82) is 0 Å². The lowest BCUT2D eigenvalue weighted by molar-refractivity contribution is 0.572. The van der Waals surface area contributed by atoms with E-state index < -0.39 is 5.95 Å². The highest BCUT2D eigenvalue weighted by atomic mass is 19.1. The normalized spacial score (nSPS) is 10.4. The zero-order valence-corrected chi connectivity index (χ0v) is 7.42. The zero-order valence-electron chi connectivity index (χ0n) is 7.42. The van der Waals surface area contributed by atoms with Gasteiger partial charge in [0.25, 0.3) is 5.95 Å². The number of hydrogen-bond donors (Lipinski definition) is 3. The third-order valence-electron chi connectivity index (χ3n) is 1.59. The first-order valence-electron chi connectivity index (χ1n) is 3.98. The SMILES string of the molecule is CNCCCN(N)c1n[nH]nc1F. The molecule has 1 aromatic heterocycles. The molecule has 0 aliphatic heterocycles. The van der Waals surface area contributed by atoms with E-state index in [1.807, 2.05) is 7.05 Å². The molecule has 1 heterocycles. The summed E-state index contributed by atoms with van der Waals surface area (Å²) < 4.78 is 12.8. The van der Waals surface area contributed by atoms with Crippen molar-refractivity contribution in [2.24, 2.45) is 5.84 Å². The number of halogens is 1. The van der Waals surface area contributed by atoms with Crippen LogP contribution in [-0.2, 0) is 0 Å². The smallest absolute Gasteiger partial charge is 0.277 e. The molecule has 1 rings (SSSR count). The Bertz CT molecular complexity index is 249. The molecule has 0 fully saturated rings. The zero-order chi connectivity index (χ0) is 9.68. The predicted molar refractivity (Wildman–Crippen MR) is 46.4 cm³/mol. The Hall–Kier alpha value is -1.21. The van der Waals surface area contributed by atoms with Crippen molar-refractivity contribution in [3.05, 3.63) is 5.95 Å². The summed E-state index contributed by atoms with van der Waals surface area (Å²) in [6, 6.07) is 0. The van der Waals surface area contributed by atoms with E-state index in [4.69, 9.17) is 5.84 Å². The van der Waals surface area contributed by atoms with Crippen LogP contribution in [0.25, 0.3) is 0 Å². The van der Waals surface area contributed by atoms with Crippen molar-refractivity contribution in [2.75, 3.05) is 25.1 Å². The standard InChI is InChI=1S/C6H13FN6/c1-9-3-2-4-13(8)6-5(7)10-12-11-6/h9H,2-4,8H2,1H3,(H,10,11,12). The molecule has 13 heavy (non-hydrogen) atoms. The van der Waals surface area contributed by atoms with E-state index in [1.54, 1.807) is 0 Å². The van der Waals surface area contributed by atoms with E-state index in [0.717, 1.165) is 13.0 Å². The van der Waals surface area contributed by atoms with E-state index in [-0.39, 0.29) is 5.82 Å². The monoisotopic (exact) mass is 188 g/mol. The van der Waals surface area contributed by atoms with Crippen LogP contribution >= 0.6 is 0 Å². The van der Waals surface area contributed by atoms with Gasteiger partial charge in [-0.25, -0.2) is 5.84 Å². The van der Waals surface area contributed by atoms with Crippen molar-refractivity contribution >= 4 is 5.82 Å². The van der Waals surface area contributed by atoms with Gasteiger partial charge in [-0.1, -0.05) is 0 Å². The first kappa shape index (κ1) is 9.87. The van der Waals surface area contributed by atoms with Crippen molar-refractivity contribution in [3.63, 3.8) is 0 Å². The Morgan fingerprint density at radius 3 is 2.92 bits per heavy atom. The summed E-state index contributed by atoms with van der Waals surface area (Å²) in [5, 5.41) is 13.1. The van der Waals surface area contributed by atoms with Crippen LogP contribution in [0.5, 0.6) is 0 Å². The number of hydrogen-bond acceptors (Lipinski definition) is 5. The number of aromatic nitrogens is 3. The Morgan fingerprint density at radius 2 is 2.38 bits per heavy atom. The second kappa shape index (κ2) is 4.73. The van der Waals surface area contributed by atoms with Gasteiger partial charge in [-0.2, -0.15) is 9.60 Å². The molecule has 0 aromatic carbocycles. The molecule has 0 bridgehead atoms. The molecule has 74 valence electrons. The third-order valence-corrected chi connectivity index (χ3v) is 1.59. The average Bonchev–Trinajstić information content (AvgIpc) is 2.52. The molecule has 0 aliphatic rings. The van der Waals surface area contributed by atoms with Gasteiger partial charge < -0.3 is 5.32 Å². The van der Waals surface area contributed by atoms with Gasteiger partial charge in [0.2, 0.25) is 5.82 Å². The fourth-order valence-corrected chi connectivity index (χ4v) is 0.927. The molecule has 7 heteroatoms. The highest BCUT2D eigenvalue weighted by Crippen LogP contribution is 2.08. The van der Waals surface area contributed by atoms with Gasteiger partial charge in [0.15, 0.2) is 0 Å². The molecule has 0 saturated carbocycles. The molecular formula is C6H13FN6. The Morgan fingerprint density at radius 1 is 1.62 bits per heavy atom. The summed E-state index contributed by atoms with van der Waals surface area (Å²) in [5.74, 6) is 4.90. The second-order valence-electron chi connectivity index (χ2n) is 2.59. The molecule has 0 spiro atoms. The van der Waals surface area contributed by atoms with Crippen LogP contribution in [0.3, 0.4) is 0 Å². The van der Waals surface area contributed by atoms with Crippen LogP contribution < -0.4 is 16.2 Å². The minimum Gasteiger partial charge on any atom is -0.320 e. The quantitative estimate of drug-likeness (QED) is 0.321. The fraction of sp³-hybridized carbons (Fsp3) is 0.667. The van der Waals surface area contributed by atoms with Crippen molar-refractivity contribution in [3.8, 4) is 0 Å². The minimum absolute atomic E-state index is 0.0519. The van der Waals surface area contributed by atoms with Gasteiger partial charge in [0.05, 0.1) is 0 Å². The molecule has 6 nitrogen and oxygen atoms in total. The Balaban J connectivity index is 2.39. The number of nitrogens with two attached hydrogens (primary N) is 1. The van der Waals surface area contributed by atoms with Gasteiger partial charge in [0.1, 0.15) is 0 Å². The average molecular weight is 188 g/mol. The van der Waals surface area contributed by atoms with Crippen LogP contribution in [0.4, 0.5) is 10.2 Å². The van der Waals surface area contributed by atoms with Crippen LogP contribution in [-0.4, -0.2) is 35.5 Å². The fourth-order valence-electron chi connectivity index (χ4n) is 0.927. The summed E-state index contributed by atoms with van der Waals surface area (Å²) in [5.41, 5.74) is 0. The lowest BCUT2D eigenvalue weighted by Gasteiger charge is -2.14. The number of nitrogens with one attached hydrogen (secondary N) is 2. The molecular weight excluding hydrogens is 175 g/mol. The number of nitrogens with zero attached hydrogens (tertiary/aromatic N) is 3. The number of aromatic amines is 1. The van der Waals surface area contributed by atoms with Gasteiger partial charge >= 0.3 is 0 Å². The highest BCUT2D eigenvalue weighted by molar-refractivity contribution is 5.32. The van der Waals surface area contributed by atoms with Crippen molar-refractivity contribution < 1.29 is 4.39 Å². The molecule has 1 aromatic rings. The third kappa shape index (κ3) is 2.63. The van der Waals surface area contributed by atoms with Gasteiger partial charge in [0, 0.05) is 6.54 Å². The Labute approximate surface area is 75.3 Å². The topological polar surface area (TPSA) is 82.9 Å². The first-order chi connectivity index (χ1) is 6.25. The lowest BCUT2D eigenvalue weighted by Crippen LogP contribution is -2.34. The molecule has 0 saturated heterocycles. The maximum atomic E-state index is 12.8. The van der Waals surface area contributed by atoms with Gasteiger partial charge in [-0.05, 0) is 20.0 Å². The predicted octanol–water partition coefficient (Wildman–Crippen LogP) is -0.767. The molecule has 0 amide bonds. The lowest BCUT2D eigenvalue weighted by atomic mass is 10.4. The van der Waals surface area contributed by atoms with E-state index in [2.05, 4.69) is 20.7 Å². The number of hydrazine groups is 1. The largest absolute Gasteiger partial charge is 0.320 e. The van der Waals surface area contributed by atoms with Crippen molar-refractivity contribution in [2.45, 2.75) is 6.42 Å². The molecule has 0 aliphatic carbocycles. The van der Waals surface area contributed by atoms with Crippen LogP contribution in [0, 0.1) is 5.95 Å². The van der Waals surface area contributed by atoms with Crippen LogP contribution in [0.1, 0.15) is 6.42 Å². The minimum atomic E-state index is -0.674. The van der Waals surface area contributed by atoms with E-state index in [1.165, 1.54) is 5.01 Å². The molecule has 4 N–H and O–H groups in total. The summed E-state index contributed by atoms with van der Waals surface area (Å²) in [4.78, 5) is 0. The first-order valence-corrected chi connectivity index (χ1v) is 3.98. The van der Waals surface area contributed by atoms with Gasteiger partial charge in [-0.15, -0.1) is 10.2 Å². The van der Waals surface area contributed by atoms with E-state index in [9.17, 15) is 4.39 Å². The summed E-state index contributed by atoms with van der Waals surface area (Å²) >= 11 is 0. The van der Waals surface area contributed by atoms with Crippen molar-refractivity contribution in [1.82, 2.24) is 20.7 Å². The maximum absolute atomic E-state index is 12.8. The molecule has 0 unspecified atom stereocenters. The molecule has 0 atom stereocenters. The van der Waals surface area contributed by atoms with Crippen LogP contribution in [0.2, 0.25) is 0 Å². The van der Waals surface area contributed by atoms with Gasteiger partial charge in [-0.3, -0.25) is 5.01 Å².